The maximum absolute atomic E-state index is 12.7. The highest BCUT2D eigenvalue weighted by Gasteiger charge is 2.53. The quantitative estimate of drug-likeness (QED) is 0.390. The number of hydrogen-bond donors (Lipinski definition) is 2. The molecule has 0 bridgehead atoms. The fraction of sp³-hybridized carbons (Fsp3) is 0.448. The fourth-order valence-corrected chi connectivity index (χ4v) is 9.22. The number of ether oxygens (including phenoxy) is 1. The van der Waals surface area contributed by atoms with Gasteiger partial charge in [0.1, 0.15) is 19.8 Å². The van der Waals surface area contributed by atoms with Gasteiger partial charge in [0.05, 0.1) is 0 Å². The van der Waals surface area contributed by atoms with Crippen LogP contribution in [0.1, 0.15) is 41.5 Å². The third-order valence-corrected chi connectivity index (χ3v) is 11.5. The van der Waals surface area contributed by atoms with E-state index in [-0.39, 0.29) is 0 Å². The molecule has 2 atom stereocenters. The van der Waals surface area contributed by atoms with Crippen LogP contribution in [0.25, 0.3) is 0 Å². The monoisotopic (exact) mass is 539 g/mol. The van der Waals surface area contributed by atoms with Crippen molar-refractivity contribution in [3.8, 4) is 11.5 Å². The van der Waals surface area contributed by atoms with E-state index in [1.54, 1.807) is 20.8 Å². The first-order chi connectivity index (χ1) is 17.0. The Kier molecular flexibility index (Phi) is 9.58. The summed E-state index contributed by atoms with van der Waals surface area (Å²) in [5.74, 6) is 1.91. The van der Waals surface area contributed by atoms with Crippen LogP contribution in [0.2, 0.25) is 24.7 Å². The summed E-state index contributed by atoms with van der Waals surface area (Å²) in [5, 5.41) is 14.4. The lowest BCUT2D eigenvalue weighted by Gasteiger charge is -2.45. The predicted octanol–water partition coefficient (Wildman–Crippen LogP) is 4.79. The number of carboxylic acid groups (broad SMARTS) is 1. The molecule has 2 rings (SSSR count). The topological polar surface area (TPSA) is 84.9 Å². The number of carboxylic acids is 1. The number of rotatable bonds is 7. The number of benzene rings is 2. The van der Waals surface area contributed by atoms with E-state index in [0.717, 1.165) is 10.4 Å². The largest absolute Gasteiger partial charge is 0.480 e. The molecular formula is C29H41NO5Si2. The molecule has 200 valence electrons. The van der Waals surface area contributed by atoms with E-state index < -0.39 is 51.2 Å². The zero-order valence-corrected chi connectivity index (χ0v) is 25.5. The van der Waals surface area contributed by atoms with Gasteiger partial charge in [-0.3, -0.25) is 0 Å². The summed E-state index contributed by atoms with van der Waals surface area (Å²) in [6, 6.07) is 18.4. The minimum absolute atomic E-state index is 0.399. The van der Waals surface area contributed by atoms with Crippen LogP contribution in [0.15, 0.2) is 60.7 Å². The van der Waals surface area contributed by atoms with Crippen molar-refractivity contribution in [3.05, 3.63) is 60.7 Å². The van der Waals surface area contributed by atoms with Crippen LogP contribution in [0, 0.1) is 11.5 Å². The van der Waals surface area contributed by atoms with Gasteiger partial charge in [-0.15, -0.1) is 5.54 Å². The second-order valence-corrected chi connectivity index (χ2v) is 21.2. The van der Waals surface area contributed by atoms with Gasteiger partial charge in [-0.2, -0.15) is 0 Å². The lowest BCUT2D eigenvalue weighted by atomic mass is 10.1. The zero-order chi connectivity index (χ0) is 28.1. The standard InChI is InChI=1S/C29H41NO5Si2/c1-28(2,3)34-27(33)30-25(26(31)32)24(20-21-36(7,8)9)35-37(29(4,5)6,22-16-12-10-13-17-22)23-18-14-11-15-19-23/h10-19,24-25H,1-9H3,(H,30,33)(H,31,32). The Balaban J connectivity index is 2.77. The highest BCUT2D eigenvalue weighted by atomic mass is 28.4. The molecule has 0 aliphatic rings. The van der Waals surface area contributed by atoms with Gasteiger partial charge in [0.2, 0.25) is 0 Å². The molecule has 2 unspecified atom stereocenters. The summed E-state index contributed by atoms with van der Waals surface area (Å²) >= 11 is 0. The van der Waals surface area contributed by atoms with E-state index in [2.05, 4.69) is 57.2 Å². The third-order valence-electron chi connectivity index (χ3n) is 5.55. The van der Waals surface area contributed by atoms with Crippen LogP contribution in [0.5, 0.6) is 0 Å². The van der Waals surface area contributed by atoms with E-state index in [9.17, 15) is 14.7 Å². The molecule has 0 aromatic heterocycles. The summed E-state index contributed by atoms with van der Waals surface area (Å²) in [4.78, 5) is 25.3. The summed E-state index contributed by atoms with van der Waals surface area (Å²) in [7, 11) is -5.08. The molecule has 0 saturated carbocycles. The molecule has 0 heterocycles. The average molecular weight is 540 g/mol. The van der Waals surface area contributed by atoms with Gasteiger partial charge in [-0.25, -0.2) is 9.59 Å². The Morgan fingerprint density at radius 3 is 1.68 bits per heavy atom. The zero-order valence-electron chi connectivity index (χ0n) is 23.5. The Morgan fingerprint density at radius 2 is 1.32 bits per heavy atom. The second-order valence-electron chi connectivity index (χ2n) is 12.2. The summed E-state index contributed by atoms with van der Waals surface area (Å²) in [6.07, 6.45) is -1.94. The Bertz CT molecular complexity index is 1080. The lowest BCUT2D eigenvalue weighted by Crippen LogP contribution is -2.69. The minimum Gasteiger partial charge on any atom is -0.480 e. The number of nitrogens with one attached hydrogen (secondary N) is 1. The Labute approximate surface area is 223 Å². The maximum Gasteiger partial charge on any atom is 0.408 e. The van der Waals surface area contributed by atoms with Gasteiger partial charge in [-0.05, 0) is 36.2 Å². The maximum atomic E-state index is 12.7. The Morgan fingerprint density at radius 1 is 0.865 bits per heavy atom. The molecule has 0 spiro atoms. The number of aliphatic carboxylic acids is 1. The summed E-state index contributed by atoms with van der Waals surface area (Å²) in [6.45, 7) is 17.7. The van der Waals surface area contributed by atoms with Crippen LogP contribution < -0.4 is 15.7 Å². The second kappa shape index (κ2) is 11.7. The normalized spacial score (nSPS) is 14.1. The van der Waals surface area contributed by atoms with E-state index >= 15 is 0 Å². The van der Waals surface area contributed by atoms with Crippen molar-refractivity contribution in [2.75, 3.05) is 0 Å². The highest BCUT2D eigenvalue weighted by Crippen LogP contribution is 2.38. The Hall–Kier alpha value is -2.87. The first kappa shape index (κ1) is 30.4. The molecule has 0 aliphatic heterocycles. The van der Waals surface area contributed by atoms with Crippen molar-refractivity contribution >= 4 is 38.8 Å². The molecule has 6 nitrogen and oxygen atoms in total. The number of hydrogen-bond acceptors (Lipinski definition) is 4. The van der Waals surface area contributed by atoms with E-state index in [1.165, 1.54) is 0 Å². The van der Waals surface area contributed by atoms with Crippen LogP contribution in [0.4, 0.5) is 4.79 Å². The lowest BCUT2D eigenvalue weighted by molar-refractivity contribution is -0.141. The first-order valence-corrected chi connectivity index (χ1v) is 17.9. The fourth-order valence-electron chi connectivity index (χ4n) is 4.05. The average Bonchev–Trinajstić information content (AvgIpc) is 2.76. The predicted molar refractivity (Wildman–Crippen MR) is 154 cm³/mol. The van der Waals surface area contributed by atoms with Crippen LogP contribution in [0.3, 0.4) is 0 Å². The van der Waals surface area contributed by atoms with E-state index in [0.29, 0.717) is 0 Å². The van der Waals surface area contributed by atoms with E-state index in [1.807, 2.05) is 60.7 Å². The minimum atomic E-state index is -3.16. The molecule has 2 aromatic carbocycles. The smallest absolute Gasteiger partial charge is 0.408 e. The molecule has 2 N–H and O–H groups in total. The molecule has 0 saturated heterocycles. The van der Waals surface area contributed by atoms with E-state index in [4.69, 9.17) is 9.16 Å². The van der Waals surface area contributed by atoms with Gasteiger partial charge < -0.3 is 19.6 Å². The molecule has 0 radical (unpaired) electrons. The first-order valence-electron chi connectivity index (χ1n) is 12.5. The molecule has 1 amide bonds. The van der Waals surface area contributed by atoms with Crippen LogP contribution in [-0.2, 0) is 14.0 Å². The van der Waals surface area contributed by atoms with Crippen molar-refractivity contribution < 1.29 is 23.9 Å². The van der Waals surface area contributed by atoms with Crippen LogP contribution >= 0.6 is 0 Å². The van der Waals surface area contributed by atoms with Gasteiger partial charge in [0, 0.05) is 0 Å². The number of carbonyl (C=O) groups is 2. The van der Waals surface area contributed by atoms with Gasteiger partial charge >= 0.3 is 12.1 Å². The van der Waals surface area contributed by atoms with Gasteiger partial charge in [0.25, 0.3) is 8.32 Å². The molecule has 8 heteroatoms. The third kappa shape index (κ3) is 8.32. The molecule has 0 fully saturated rings. The number of amides is 1. The van der Waals surface area contributed by atoms with Gasteiger partial charge in [-0.1, -0.05) is 107 Å². The summed E-state index contributed by atoms with van der Waals surface area (Å²) in [5.41, 5.74) is 2.50. The SMILES string of the molecule is CC(C)(C)OC(=O)NC(C(=O)O)C(C#C[Si](C)(C)C)O[Si](c1ccccc1)(c1ccccc1)C(C)(C)C. The number of carbonyl (C=O) groups excluding carboxylic acids is 1. The van der Waals surface area contributed by atoms with Crippen molar-refractivity contribution in [2.24, 2.45) is 0 Å². The van der Waals surface area contributed by atoms with Crippen LogP contribution in [-0.4, -0.2) is 51.3 Å². The molecule has 37 heavy (non-hydrogen) atoms. The molecule has 0 aliphatic carbocycles. The van der Waals surface area contributed by atoms with Gasteiger partial charge in [0.15, 0.2) is 6.04 Å². The van der Waals surface area contributed by atoms with Crippen molar-refractivity contribution in [1.29, 1.82) is 0 Å². The summed E-state index contributed by atoms with van der Waals surface area (Å²) < 4.78 is 12.4. The van der Waals surface area contributed by atoms with Crippen molar-refractivity contribution in [2.45, 2.75) is 84.0 Å². The van der Waals surface area contributed by atoms with Crippen molar-refractivity contribution in [1.82, 2.24) is 5.32 Å². The van der Waals surface area contributed by atoms with Crippen molar-refractivity contribution in [3.63, 3.8) is 0 Å². The molecule has 2 aromatic rings. The highest BCUT2D eigenvalue weighted by molar-refractivity contribution is 6.99. The number of alkyl carbamates (subject to hydrolysis) is 1. The molecular weight excluding hydrogens is 498 g/mol.